The van der Waals surface area contributed by atoms with Crippen LogP contribution in [0.25, 0.3) is 11.0 Å². The van der Waals surface area contributed by atoms with E-state index in [-0.39, 0.29) is 17.8 Å². The number of piperidine rings is 1. The van der Waals surface area contributed by atoms with Gasteiger partial charge in [0.15, 0.2) is 0 Å². The highest BCUT2D eigenvalue weighted by molar-refractivity contribution is 5.75. The molecule has 2 aliphatic rings. The number of hydrogen-bond donors (Lipinski definition) is 1. The lowest BCUT2D eigenvalue weighted by molar-refractivity contribution is -0.0661. The number of hydrogen-bond acceptors (Lipinski definition) is 4. The topological polar surface area (TPSA) is 50.5 Å². The fraction of sp³-hybridized carbons (Fsp3) is 0.435. The summed E-state index contributed by atoms with van der Waals surface area (Å²) in [4.78, 5) is 6.73. The standard InChI is InChI=1S/C23H25F2N3O2/c24-22(25)30-21-6-2-1-4-16(21)14-28-17-7-8-18(28)13-23(29,12-17)15-27-11-9-19-20(27)5-3-10-26-19/h1-6,9-11,17-18,22,29H,7-8,12-15H2. The third-order valence-electron chi connectivity index (χ3n) is 6.55. The second kappa shape index (κ2) is 7.63. The van der Waals surface area contributed by atoms with Crippen LogP contribution < -0.4 is 4.74 Å². The van der Waals surface area contributed by atoms with E-state index in [0.717, 1.165) is 29.4 Å². The van der Waals surface area contributed by atoms with Gasteiger partial charge in [0.25, 0.3) is 0 Å². The summed E-state index contributed by atoms with van der Waals surface area (Å²) >= 11 is 0. The molecule has 2 bridgehead atoms. The predicted octanol–water partition coefficient (Wildman–Crippen LogP) is 4.20. The maximum atomic E-state index is 12.8. The molecule has 2 fully saturated rings. The molecule has 1 aromatic carbocycles. The summed E-state index contributed by atoms with van der Waals surface area (Å²) in [7, 11) is 0. The fourth-order valence-corrected chi connectivity index (χ4v) is 5.32. The van der Waals surface area contributed by atoms with Crippen LogP contribution in [0.15, 0.2) is 54.9 Å². The van der Waals surface area contributed by atoms with Crippen LogP contribution in [0.3, 0.4) is 0 Å². The first-order chi connectivity index (χ1) is 14.5. The van der Waals surface area contributed by atoms with E-state index in [4.69, 9.17) is 4.74 Å². The Labute approximate surface area is 173 Å². The minimum atomic E-state index is -2.83. The van der Waals surface area contributed by atoms with Crippen molar-refractivity contribution in [3.63, 3.8) is 0 Å². The third kappa shape index (κ3) is 3.68. The summed E-state index contributed by atoms with van der Waals surface area (Å²) < 4.78 is 32.3. The SMILES string of the molecule is OC1(Cn2ccc3ncccc32)CC2CCC(C1)N2Cc1ccccc1OC(F)F. The van der Waals surface area contributed by atoms with Crippen LogP contribution in [0.1, 0.15) is 31.2 Å². The number of pyridine rings is 1. The highest BCUT2D eigenvalue weighted by Gasteiger charge is 2.47. The van der Waals surface area contributed by atoms with Gasteiger partial charge in [-0.3, -0.25) is 9.88 Å². The van der Waals surface area contributed by atoms with Gasteiger partial charge in [-0.25, -0.2) is 0 Å². The molecular formula is C23H25F2N3O2. The van der Waals surface area contributed by atoms with Crippen molar-refractivity contribution in [2.24, 2.45) is 0 Å². The Bertz CT molecular complexity index is 1020. The Kier molecular flexibility index (Phi) is 4.95. The lowest BCUT2D eigenvalue weighted by atomic mass is 9.85. The van der Waals surface area contributed by atoms with Gasteiger partial charge in [0.05, 0.1) is 23.2 Å². The quantitative estimate of drug-likeness (QED) is 0.658. The normalized spacial score (nSPS) is 26.5. The van der Waals surface area contributed by atoms with E-state index in [1.165, 1.54) is 0 Å². The third-order valence-corrected chi connectivity index (χ3v) is 6.55. The van der Waals surface area contributed by atoms with Crippen molar-refractivity contribution >= 4 is 11.0 Å². The molecular weight excluding hydrogens is 388 g/mol. The molecule has 2 unspecified atom stereocenters. The van der Waals surface area contributed by atoms with E-state index in [1.807, 2.05) is 36.5 Å². The van der Waals surface area contributed by atoms with Crippen LogP contribution in [-0.4, -0.2) is 43.9 Å². The first-order valence-corrected chi connectivity index (χ1v) is 10.4. The first-order valence-electron chi connectivity index (χ1n) is 10.4. The molecule has 2 aromatic heterocycles. The number of halogens is 2. The molecule has 5 rings (SSSR count). The van der Waals surface area contributed by atoms with E-state index >= 15 is 0 Å². The number of rotatable bonds is 6. The molecule has 4 heterocycles. The van der Waals surface area contributed by atoms with Crippen LogP contribution in [0, 0.1) is 0 Å². The second-order valence-electron chi connectivity index (χ2n) is 8.53. The monoisotopic (exact) mass is 413 g/mol. The van der Waals surface area contributed by atoms with Crippen molar-refractivity contribution in [2.75, 3.05) is 0 Å². The molecule has 0 saturated carbocycles. The van der Waals surface area contributed by atoms with Crippen molar-refractivity contribution in [1.29, 1.82) is 0 Å². The lowest BCUT2D eigenvalue weighted by Gasteiger charge is -2.44. The lowest BCUT2D eigenvalue weighted by Crippen LogP contribution is -2.52. The zero-order valence-electron chi connectivity index (χ0n) is 16.6. The number of para-hydroxylation sites is 1. The van der Waals surface area contributed by atoms with Gasteiger partial charge in [0, 0.05) is 36.6 Å². The molecule has 3 aromatic rings. The predicted molar refractivity (Wildman–Crippen MR) is 109 cm³/mol. The minimum Gasteiger partial charge on any atom is -0.434 e. The summed E-state index contributed by atoms with van der Waals surface area (Å²) in [6, 6.07) is 13.4. The first kappa shape index (κ1) is 19.5. The smallest absolute Gasteiger partial charge is 0.387 e. The average Bonchev–Trinajstić information content (AvgIpc) is 3.22. The minimum absolute atomic E-state index is 0.230. The number of alkyl halides is 2. The van der Waals surface area contributed by atoms with Crippen molar-refractivity contribution in [3.05, 3.63) is 60.4 Å². The zero-order valence-corrected chi connectivity index (χ0v) is 16.6. The van der Waals surface area contributed by atoms with Crippen molar-refractivity contribution in [1.82, 2.24) is 14.5 Å². The highest BCUT2D eigenvalue weighted by atomic mass is 19.3. The summed E-state index contributed by atoms with van der Waals surface area (Å²) in [5, 5.41) is 11.4. The van der Waals surface area contributed by atoms with Crippen molar-refractivity contribution < 1.29 is 18.6 Å². The van der Waals surface area contributed by atoms with Crippen LogP contribution in [0.5, 0.6) is 5.75 Å². The molecule has 2 aliphatic heterocycles. The van der Waals surface area contributed by atoms with Gasteiger partial charge in [0.1, 0.15) is 5.75 Å². The van der Waals surface area contributed by atoms with E-state index in [2.05, 4.69) is 14.5 Å². The number of aliphatic hydroxyl groups is 1. The molecule has 0 amide bonds. The van der Waals surface area contributed by atoms with Gasteiger partial charge in [-0.15, -0.1) is 0 Å². The number of ether oxygens (including phenoxy) is 1. The summed E-state index contributed by atoms with van der Waals surface area (Å²) in [6.45, 7) is -1.74. The van der Waals surface area contributed by atoms with E-state index in [0.29, 0.717) is 25.9 Å². The van der Waals surface area contributed by atoms with Crippen molar-refractivity contribution in [2.45, 2.75) is 63.1 Å². The Balaban J connectivity index is 1.33. The summed E-state index contributed by atoms with van der Waals surface area (Å²) in [6.07, 6.45) is 7.12. The van der Waals surface area contributed by atoms with Crippen molar-refractivity contribution in [3.8, 4) is 5.75 Å². The molecule has 0 radical (unpaired) electrons. The summed E-state index contributed by atoms with van der Waals surface area (Å²) in [5.41, 5.74) is 1.93. The Morgan fingerprint density at radius 3 is 2.63 bits per heavy atom. The number of aromatic nitrogens is 2. The molecule has 0 aliphatic carbocycles. The maximum absolute atomic E-state index is 12.8. The number of nitrogens with zero attached hydrogens (tertiary/aromatic N) is 3. The molecule has 2 atom stereocenters. The summed E-state index contributed by atoms with van der Waals surface area (Å²) in [5.74, 6) is 0.235. The van der Waals surface area contributed by atoms with Gasteiger partial charge in [-0.05, 0) is 49.9 Å². The Morgan fingerprint density at radius 2 is 1.87 bits per heavy atom. The van der Waals surface area contributed by atoms with Gasteiger partial charge in [-0.1, -0.05) is 18.2 Å². The molecule has 1 N–H and O–H groups in total. The largest absolute Gasteiger partial charge is 0.434 e. The molecule has 0 spiro atoms. The fourth-order valence-electron chi connectivity index (χ4n) is 5.32. The Hall–Kier alpha value is -2.51. The van der Waals surface area contributed by atoms with Crippen LogP contribution in [0.4, 0.5) is 8.78 Å². The second-order valence-corrected chi connectivity index (χ2v) is 8.53. The number of benzene rings is 1. The van der Waals surface area contributed by atoms with E-state index in [1.54, 1.807) is 18.3 Å². The molecule has 158 valence electrons. The van der Waals surface area contributed by atoms with Gasteiger partial charge < -0.3 is 14.4 Å². The van der Waals surface area contributed by atoms with Gasteiger partial charge in [-0.2, -0.15) is 8.78 Å². The maximum Gasteiger partial charge on any atom is 0.387 e. The molecule has 2 saturated heterocycles. The van der Waals surface area contributed by atoms with Crippen LogP contribution in [-0.2, 0) is 13.1 Å². The van der Waals surface area contributed by atoms with Crippen LogP contribution in [0.2, 0.25) is 0 Å². The Morgan fingerprint density at radius 1 is 1.10 bits per heavy atom. The molecule has 5 nitrogen and oxygen atoms in total. The van der Waals surface area contributed by atoms with E-state index in [9.17, 15) is 13.9 Å². The zero-order chi connectivity index (χ0) is 20.7. The van der Waals surface area contributed by atoms with E-state index < -0.39 is 12.2 Å². The van der Waals surface area contributed by atoms with Gasteiger partial charge >= 0.3 is 6.61 Å². The highest BCUT2D eigenvalue weighted by Crippen LogP contribution is 2.43. The van der Waals surface area contributed by atoms with Gasteiger partial charge in [0.2, 0.25) is 0 Å². The molecule has 7 heteroatoms. The number of fused-ring (bicyclic) bond motifs is 3. The average molecular weight is 413 g/mol. The molecule has 30 heavy (non-hydrogen) atoms. The van der Waals surface area contributed by atoms with Crippen LogP contribution >= 0.6 is 0 Å².